The lowest BCUT2D eigenvalue weighted by atomic mass is 9.54. The number of hydrogen-bond acceptors (Lipinski definition) is 1. The SMILES string of the molecule is CC(C)(C)c1ccc(C23[C]C=C(OC45CC6CC(CC(C6)C4)C5)C2=CC=CC=C3)cc1. The van der Waals surface area contributed by atoms with Crippen molar-refractivity contribution in [1.29, 1.82) is 0 Å². The Kier molecular flexibility index (Phi) is 4.27. The smallest absolute Gasteiger partial charge is 0.121 e. The summed E-state index contributed by atoms with van der Waals surface area (Å²) in [5.74, 6) is 3.72. The number of allylic oxidation sites excluding steroid dienone is 7. The van der Waals surface area contributed by atoms with E-state index in [4.69, 9.17) is 4.74 Å². The second-order valence-corrected chi connectivity index (χ2v) is 11.8. The van der Waals surface area contributed by atoms with Gasteiger partial charge in [-0.1, -0.05) is 75.4 Å². The standard InChI is InChI=1S/C30H34O/c1-28(2,3)24-8-10-25(11-9-24)30-13-6-4-5-7-26(30)27(12-14-30)31-29-18-21-15-22(19-29)17-23(16-21)20-29/h4-13,21-23H,15-20H2,1-3H3. The average molecular weight is 411 g/mol. The summed E-state index contributed by atoms with van der Waals surface area (Å²) in [6.07, 6.45) is 25.0. The van der Waals surface area contributed by atoms with Gasteiger partial charge in [-0.3, -0.25) is 0 Å². The lowest BCUT2D eigenvalue weighted by Crippen LogP contribution is -2.51. The summed E-state index contributed by atoms with van der Waals surface area (Å²) in [7, 11) is 0. The van der Waals surface area contributed by atoms with Crippen molar-refractivity contribution in [2.45, 2.75) is 75.7 Å². The summed E-state index contributed by atoms with van der Waals surface area (Å²) in [4.78, 5) is 0. The molecule has 0 amide bonds. The second-order valence-electron chi connectivity index (χ2n) is 11.8. The topological polar surface area (TPSA) is 9.23 Å². The molecule has 0 heterocycles. The molecular formula is C30H34O. The Morgan fingerprint density at radius 2 is 1.52 bits per heavy atom. The van der Waals surface area contributed by atoms with Gasteiger partial charge in [-0.25, -0.2) is 0 Å². The van der Waals surface area contributed by atoms with Crippen LogP contribution in [-0.2, 0) is 15.6 Å². The molecule has 4 bridgehead atoms. The zero-order chi connectivity index (χ0) is 21.3. The van der Waals surface area contributed by atoms with E-state index >= 15 is 0 Å². The third-order valence-electron chi connectivity index (χ3n) is 8.47. The van der Waals surface area contributed by atoms with Crippen LogP contribution in [0.1, 0.15) is 70.4 Å². The molecule has 4 saturated carbocycles. The lowest BCUT2D eigenvalue weighted by molar-refractivity contribution is -0.137. The first-order valence-electron chi connectivity index (χ1n) is 12.2. The second kappa shape index (κ2) is 6.74. The highest BCUT2D eigenvalue weighted by Gasteiger charge is 2.54. The number of rotatable bonds is 3. The van der Waals surface area contributed by atoms with Crippen LogP contribution in [0.15, 0.2) is 72.1 Å². The molecule has 1 atom stereocenters. The molecule has 1 unspecified atom stereocenters. The maximum absolute atomic E-state index is 7.02. The summed E-state index contributed by atoms with van der Waals surface area (Å²) >= 11 is 0. The molecule has 1 aromatic carbocycles. The Balaban J connectivity index is 1.32. The fourth-order valence-electron chi connectivity index (χ4n) is 7.34. The zero-order valence-corrected chi connectivity index (χ0v) is 19.2. The van der Waals surface area contributed by atoms with Gasteiger partial charge in [0, 0.05) is 12.0 Å². The van der Waals surface area contributed by atoms with Gasteiger partial charge in [0.25, 0.3) is 0 Å². The Morgan fingerprint density at radius 1 is 0.871 bits per heavy atom. The van der Waals surface area contributed by atoms with E-state index < -0.39 is 0 Å². The van der Waals surface area contributed by atoms with Crippen molar-refractivity contribution in [2.75, 3.05) is 0 Å². The van der Waals surface area contributed by atoms with Crippen molar-refractivity contribution >= 4 is 0 Å². The maximum Gasteiger partial charge on any atom is 0.121 e. The van der Waals surface area contributed by atoms with E-state index in [0.717, 1.165) is 23.5 Å². The van der Waals surface area contributed by atoms with Crippen LogP contribution >= 0.6 is 0 Å². The van der Waals surface area contributed by atoms with Crippen LogP contribution in [0.25, 0.3) is 0 Å². The van der Waals surface area contributed by atoms with Crippen molar-refractivity contribution in [3.05, 3.63) is 89.6 Å². The predicted molar refractivity (Wildman–Crippen MR) is 126 cm³/mol. The predicted octanol–water partition coefficient (Wildman–Crippen LogP) is 7.24. The van der Waals surface area contributed by atoms with Gasteiger partial charge in [0.15, 0.2) is 0 Å². The number of benzene rings is 1. The Bertz CT molecular complexity index is 959. The molecule has 6 aliphatic rings. The number of ether oxygens (including phenoxy) is 1. The quantitative estimate of drug-likeness (QED) is 0.510. The molecule has 4 fully saturated rings. The van der Waals surface area contributed by atoms with Crippen molar-refractivity contribution in [3.63, 3.8) is 0 Å². The molecule has 0 N–H and O–H groups in total. The van der Waals surface area contributed by atoms with Crippen LogP contribution in [0.2, 0.25) is 0 Å². The van der Waals surface area contributed by atoms with Crippen molar-refractivity contribution < 1.29 is 4.74 Å². The van der Waals surface area contributed by atoms with Gasteiger partial charge in [0.1, 0.15) is 11.4 Å². The highest BCUT2D eigenvalue weighted by molar-refractivity contribution is 5.62. The highest BCUT2D eigenvalue weighted by atomic mass is 16.5. The van der Waals surface area contributed by atoms with Gasteiger partial charge in [-0.15, -0.1) is 0 Å². The van der Waals surface area contributed by atoms with Crippen LogP contribution in [0, 0.1) is 24.2 Å². The third-order valence-corrected chi connectivity index (χ3v) is 8.47. The first-order chi connectivity index (χ1) is 14.9. The molecule has 0 spiro atoms. The molecule has 2 radical (unpaired) electrons. The molecule has 7 rings (SSSR count). The molecule has 31 heavy (non-hydrogen) atoms. The molecule has 6 aliphatic carbocycles. The minimum atomic E-state index is -0.350. The highest BCUT2D eigenvalue weighted by Crippen LogP contribution is 2.59. The molecule has 160 valence electrons. The van der Waals surface area contributed by atoms with Crippen molar-refractivity contribution in [3.8, 4) is 0 Å². The van der Waals surface area contributed by atoms with Gasteiger partial charge in [0.05, 0.1) is 5.41 Å². The van der Waals surface area contributed by atoms with E-state index in [-0.39, 0.29) is 16.4 Å². The van der Waals surface area contributed by atoms with E-state index in [2.05, 4.69) is 87.9 Å². The first kappa shape index (κ1) is 19.6. The summed E-state index contributed by atoms with van der Waals surface area (Å²) in [5.41, 5.74) is 3.75. The summed E-state index contributed by atoms with van der Waals surface area (Å²) < 4.78 is 7.02. The fraction of sp³-hybridized carbons (Fsp3) is 0.500. The Hall–Kier alpha value is -2.02. The molecule has 0 aliphatic heterocycles. The van der Waals surface area contributed by atoms with Gasteiger partial charge >= 0.3 is 0 Å². The molecule has 0 aromatic heterocycles. The maximum atomic E-state index is 7.02. The average Bonchev–Trinajstić information content (AvgIpc) is 2.90. The van der Waals surface area contributed by atoms with E-state index in [1.54, 1.807) is 0 Å². The van der Waals surface area contributed by atoms with Crippen molar-refractivity contribution in [1.82, 2.24) is 0 Å². The van der Waals surface area contributed by atoms with E-state index in [1.165, 1.54) is 55.2 Å². The molecule has 1 aromatic rings. The number of hydrogen-bond donors (Lipinski definition) is 0. The molecule has 1 heteroatoms. The van der Waals surface area contributed by atoms with Gasteiger partial charge < -0.3 is 4.74 Å². The van der Waals surface area contributed by atoms with Crippen LogP contribution in [0.4, 0.5) is 0 Å². The van der Waals surface area contributed by atoms with Crippen LogP contribution in [-0.4, -0.2) is 5.60 Å². The minimum absolute atomic E-state index is 0.0645. The molecule has 0 saturated heterocycles. The van der Waals surface area contributed by atoms with Crippen molar-refractivity contribution in [2.24, 2.45) is 17.8 Å². The zero-order valence-electron chi connectivity index (χ0n) is 19.2. The van der Waals surface area contributed by atoms with Gasteiger partial charge in [0.2, 0.25) is 0 Å². The normalized spacial score (nSPS) is 38.0. The Morgan fingerprint density at radius 3 is 2.13 bits per heavy atom. The minimum Gasteiger partial charge on any atom is -0.487 e. The third kappa shape index (κ3) is 3.19. The van der Waals surface area contributed by atoms with Crippen LogP contribution < -0.4 is 0 Å². The molecular weight excluding hydrogens is 376 g/mol. The summed E-state index contributed by atoms with van der Waals surface area (Å²) in [6, 6.07) is 9.15. The van der Waals surface area contributed by atoms with Crippen LogP contribution in [0.5, 0.6) is 0 Å². The fourth-order valence-corrected chi connectivity index (χ4v) is 7.34. The number of fused-ring (bicyclic) bond motifs is 1. The Labute approximate surface area is 188 Å². The first-order valence-corrected chi connectivity index (χ1v) is 12.2. The van der Waals surface area contributed by atoms with Crippen LogP contribution in [0.3, 0.4) is 0 Å². The largest absolute Gasteiger partial charge is 0.487 e. The summed E-state index contributed by atoms with van der Waals surface area (Å²) in [6.45, 7) is 6.82. The summed E-state index contributed by atoms with van der Waals surface area (Å²) in [5, 5.41) is 0. The van der Waals surface area contributed by atoms with E-state index in [9.17, 15) is 0 Å². The van der Waals surface area contributed by atoms with Gasteiger partial charge in [-0.2, -0.15) is 0 Å². The monoisotopic (exact) mass is 410 g/mol. The van der Waals surface area contributed by atoms with Gasteiger partial charge in [-0.05, 0) is 78.9 Å². The van der Waals surface area contributed by atoms with E-state index in [0.29, 0.717) is 0 Å². The molecule has 1 nitrogen and oxygen atoms in total. The van der Waals surface area contributed by atoms with E-state index in [1.807, 2.05) is 0 Å². The lowest BCUT2D eigenvalue weighted by Gasteiger charge is -2.56.